The fraction of sp³-hybridized carbons (Fsp3) is 0.278. The molecule has 0 spiro atoms. The van der Waals surface area contributed by atoms with Crippen molar-refractivity contribution in [2.45, 2.75) is 25.3 Å². The Bertz CT molecular complexity index is 1090. The van der Waals surface area contributed by atoms with Crippen LogP contribution in [-0.2, 0) is 23.6 Å². The summed E-state index contributed by atoms with van der Waals surface area (Å²) in [4.78, 5) is 12.6. The molecule has 0 amide bonds. The van der Waals surface area contributed by atoms with E-state index in [1.165, 1.54) is 0 Å². The Morgan fingerprint density at radius 2 is 1.68 bits per heavy atom. The SMILES string of the molecule is Cc1ccc(S(=O)(=O)NCCn2c(=O)n(C)c3ccccc32)cc1C. The summed E-state index contributed by atoms with van der Waals surface area (Å²) in [5.41, 5.74) is 3.42. The summed E-state index contributed by atoms with van der Waals surface area (Å²) in [6.45, 7) is 4.23. The van der Waals surface area contributed by atoms with E-state index in [4.69, 9.17) is 0 Å². The lowest BCUT2D eigenvalue weighted by atomic mass is 10.1. The van der Waals surface area contributed by atoms with Crippen molar-refractivity contribution in [3.8, 4) is 0 Å². The van der Waals surface area contributed by atoms with Crippen LogP contribution in [-0.4, -0.2) is 24.1 Å². The third-order valence-corrected chi connectivity index (χ3v) is 5.93. The maximum Gasteiger partial charge on any atom is 0.328 e. The number of rotatable bonds is 5. The average Bonchev–Trinajstić information content (AvgIpc) is 2.82. The van der Waals surface area contributed by atoms with Gasteiger partial charge < -0.3 is 0 Å². The second-order valence-corrected chi connectivity index (χ2v) is 7.89. The van der Waals surface area contributed by atoms with Gasteiger partial charge in [-0.05, 0) is 49.2 Å². The van der Waals surface area contributed by atoms with Crippen molar-refractivity contribution in [3.05, 3.63) is 64.1 Å². The molecule has 0 radical (unpaired) electrons. The number of hydrogen-bond acceptors (Lipinski definition) is 3. The molecule has 7 heteroatoms. The number of aryl methyl sites for hydroxylation is 3. The molecule has 0 unspecified atom stereocenters. The van der Waals surface area contributed by atoms with Gasteiger partial charge in [0, 0.05) is 20.1 Å². The van der Waals surface area contributed by atoms with E-state index < -0.39 is 10.0 Å². The first kappa shape index (κ1) is 17.4. The van der Waals surface area contributed by atoms with Crippen LogP contribution in [0.15, 0.2) is 52.2 Å². The first-order valence-corrected chi connectivity index (χ1v) is 9.51. The monoisotopic (exact) mass is 359 g/mol. The van der Waals surface area contributed by atoms with Gasteiger partial charge in [0.05, 0.1) is 15.9 Å². The molecule has 2 aromatic carbocycles. The molecule has 6 nitrogen and oxygen atoms in total. The van der Waals surface area contributed by atoms with Crippen LogP contribution in [0.1, 0.15) is 11.1 Å². The molecule has 3 rings (SSSR count). The van der Waals surface area contributed by atoms with E-state index in [0.717, 1.165) is 22.2 Å². The predicted molar refractivity (Wildman–Crippen MR) is 98.3 cm³/mol. The number of sulfonamides is 1. The number of aromatic nitrogens is 2. The van der Waals surface area contributed by atoms with Gasteiger partial charge in [-0.15, -0.1) is 0 Å². The standard InChI is InChI=1S/C18H21N3O3S/c1-13-8-9-15(12-14(13)2)25(23,24)19-10-11-21-17-7-5-4-6-16(17)20(3)18(21)22/h4-9,12,19H,10-11H2,1-3H3. The van der Waals surface area contributed by atoms with E-state index in [2.05, 4.69) is 4.72 Å². The van der Waals surface area contributed by atoms with Crippen LogP contribution >= 0.6 is 0 Å². The summed E-state index contributed by atoms with van der Waals surface area (Å²) in [5, 5.41) is 0. The molecule has 0 aliphatic heterocycles. The molecule has 0 aliphatic rings. The quantitative estimate of drug-likeness (QED) is 0.757. The first-order chi connectivity index (χ1) is 11.8. The molecule has 1 N–H and O–H groups in total. The number of nitrogens with zero attached hydrogens (tertiary/aromatic N) is 2. The number of benzene rings is 2. The molecule has 0 bridgehead atoms. The van der Waals surface area contributed by atoms with Gasteiger partial charge in [0.1, 0.15) is 0 Å². The van der Waals surface area contributed by atoms with Crippen molar-refractivity contribution < 1.29 is 8.42 Å². The summed E-state index contributed by atoms with van der Waals surface area (Å²) < 4.78 is 30.6. The van der Waals surface area contributed by atoms with Gasteiger partial charge in [0.15, 0.2) is 0 Å². The van der Waals surface area contributed by atoms with Crippen molar-refractivity contribution in [3.63, 3.8) is 0 Å². The Kier molecular flexibility index (Phi) is 4.53. The molecule has 1 heterocycles. The smallest absolute Gasteiger partial charge is 0.295 e. The van der Waals surface area contributed by atoms with Gasteiger partial charge in [0.2, 0.25) is 10.0 Å². The molecule has 0 saturated carbocycles. The van der Waals surface area contributed by atoms with Gasteiger partial charge in [0.25, 0.3) is 0 Å². The number of fused-ring (bicyclic) bond motifs is 1. The van der Waals surface area contributed by atoms with Gasteiger partial charge in [-0.2, -0.15) is 0 Å². The molecule has 0 aliphatic carbocycles. The van der Waals surface area contributed by atoms with Gasteiger partial charge in [-0.3, -0.25) is 9.13 Å². The third-order valence-electron chi connectivity index (χ3n) is 4.47. The van der Waals surface area contributed by atoms with Crippen LogP contribution in [0.5, 0.6) is 0 Å². The summed E-state index contributed by atoms with van der Waals surface area (Å²) in [6, 6.07) is 12.5. The van der Waals surface area contributed by atoms with E-state index in [9.17, 15) is 13.2 Å². The number of hydrogen-bond donors (Lipinski definition) is 1. The van der Waals surface area contributed by atoms with E-state index >= 15 is 0 Å². The molecule has 0 saturated heterocycles. The average molecular weight is 359 g/mol. The summed E-state index contributed by atoms with van der Waals surface area (Å²) in [6.07, 6.45) is 0. The maximum atomic E-state index is 12.4. The summed E-state index contributed by atoms with van der Waals surface area (Å²) in [5.74, 6) is 0. The van der Waals surface area contributed by atoms with Gasteiger partial charge >= 0.3 is 5.69 Å². The van der Waals surface area contributed by atoms with Crippen LogP contribution in [0.4, 0.5) is 0 Å². The lowest BCUT2D eigenvalue weighted by Gasteiger charge is -2.09. The third kappa shape index (κ3) is 3.25. The van der Waals surface area contributed by atoms with Crippen molar-refractivity contribution in [2.75, 3.05) is 6.54 Å². The normalized spacial score (nSPS) is 12.0. The molecule has 3 aromatic rings. The highest BCUT2D eigenvalue weighted by atomic mass is 32.2. The van der Waals surface area contributed by atoms with Gasteiger partial charge in [-0.1, -0.05) is 18.2 Å². The largest absolute Gasteiger partial charge is 0.328 e. The molecular weight excluding hydrogens is 338 g/mol. The minimum atomic E-state index is -3.60. The van der Waals surface area contributed by atoms with Crippen molar-refractivity contribution >= 4 is 21.1 Å². The van der Waals surface area contributed by atoms with Crippen LogP contribution in [0.3, 0.4) is 0 Å². The van der Waals surface area contributed by atoms with E-state index in [1.54, 1.807) is 34.4 Å². The number of para-hydroxylation sites is 2. The summed E-state index contributed by atoms with van der Waals surface area (Å²) >= 11 is 0. The molecular formula is C18H21N3O3S. The van der Waals surface area contributed by atoms with Crippen LogP contribution in [0, 0.1) is 13.8 Å². The zero-order chi connectivity index (χ0) is 18.2. The highest BCUT2D eigenvalue weighted by Gasteiger charge is 2.15. The van der Waals surface area contributed by atoms with Crippen molar-refractivity contribution in [2.24, 2.45) is 7.05 Å². The van der Waals surface area contributed by atoms with Gasteiger partial charge in [-0.25, -0.2) is 17.9 Å². The highest BCUT2D eigenvalue weighted by molar-refractivity contribution is 7.89. The fourth-order valence-electron chi connectivity index (χ4n) is 2.84. The Balaban J connectivity index is 1.80. The number of nitrogens with one attached hydrogen (secondary N) is 1. The second kappa shape index (κ2) is 6.50. The highest BCUT2D eigenvalue weighted by Crippen LogP contribution is 2.15. The zero-order valence-corrected chi connectivity index (χ0v) is 15.3. The van der Waals surface area contributed by atoms with Crippen molar-refractivity contribution in [1.82, 2.24) is 13.9 Å². The first-order valence-electron chi connectivity index (χ1n) is 8.02. The predicted octanol–water partition coefficient (Wildman–Crippen LogP) is 1.94. The molecule has 0 fully saturated rings. The molecule has 25 heavy (non-hydrogen) atoms. The summed E-state index contributed by atoms with van der Waals surface area (Å²) in [7, 11) is -1.89. The lowest BCUT2D eigenvalue weighted by molar-refractivity contribution is 0.571. The van der Waals surface area contributed by atoms with Crippen LogP contribution in [0.2, 0.25) is 0 Å². The molecule has 132 valence electrons. The van der Waals surface area contributed by atoms with E-state index in [1.807, 2.05) is 38.1 Å². The topological polar surface area (TPSA) is 73.1 Å². The fourth-order valence-corrected chi connectivity index (χ4v) is 3.94. The Morgan fingerprint density at radius 3 is 2.36 bits per heavy atom. The maximum absolute atomic E-state index is 12.4. The van der Waals surface area contributed by atoms with Crippen LogP contribution < -0.4 is 10.4 Å². The van der Waals surface area contributed by atoms with E-state index in [0.29, 0.717) is 0 Å². The minimum absolute atomic E-state index is 0.142. The second-order valence-electron chi connectivity index (χ2n) is 6.13. The minimum Gasteiger partial charge on any atom is -0.295 e. The Labute approximate surface area is 146 Å². The van der Waals surface area contributed by atoms with Crippen molar-refractivity contribution in [1.29, 1.82) is 0 Å². The number of imidazole rings is 1. The molecule has 1 aromatic heterocycles. The molecule has 0 atom stereocenters. The Morgan fingerprint density at radius 1 is 1.00 bits per heavy atom. The van der Waals surface area contributed by atoms with E-state index in [-0.39, 0.29) is 23.7 Å². The Hall–Kier alpha value is -2.38. The van der Waals surface area contributed by atoms with Crippen LogP contribution in [0.25, 0.3) is 11.0 Å². The zero-order valence-electron chi connectivity index (χ0n) is 14.5. The lowest BCUT2D eigenvalue weighted by Crippen LogP contribution is -2.31.